The van der Waals surface area contributed by atoms with Crippen LogP contribution < -0.4 is 5.32 Å². The molecule has 0 unspecified atom stereocenters. The highest BCUT2D eigenvalue weighted by Crippen LogP contribution is 2.12. The van der Waals surface area contributed by atoms with Gasteiger partial charge in [-0.15, -0.1) is 0 Å². The molecule has 1 rings (SSSR count). The molecular weight excluding hydrogens is 244 g/mol. The molecule has 0 bridgehead atoms. The normalized spacial score (nSPS) is 17.2. The fourth-order valence-electron chi connectivity index (χ4n) is 2.12. The van der Waals surface area contributed by atoms with Gasteiger partial charge in [0.2, 0.25) is 5.91 Å². The number of amides is 2. The van der Waals surface area contributed by atoms with E-state index in [4.69, 9.17) is 4.74 Å². The first-order valence-corrected chi connectivity index (χ1v) is 6.97. The minimum Gasteiger partial charge on any atom is -0.450 e. The van der Waals surface area contributed by atoms with Gasteiger partial charge in [0, 0.05) is 24.7 Å². The van der Waals surface area contributed by atoms with Gasteiger partial charge in [-0.2, -0.15) is 0 Å². The van der Waals surface area contributed by atoms with Crippen LogP contribution in [0.5, 0.6) is 0 Å². The molecular formula is C14H24N2O3. The number of carbonyl (C=O) groups excluding carboxylic acids is 2. The average molecular weight is 268 g/mol. The van der Waals surface area contributed by atoms with Crippen LogP contribution in [0, 0.1) is 0 Å². The summed E-state index contributed by atoms with van der Waals surface area (Å²) >= 11 is 0. The van der Waals surface area contributed by atoms with E-state index in [9.17, 15) is 9.59 Å². The van der Waals surface area contributed by atoms with Gasteiger partial charge in [0.15, 0.2) is 0 Å². The predicted molar refractivity (Wildman–Crippen MR) is 73.8 cm³/mol. The zero-order chi connectivity index (χ0) is 14.3. The zero-order valence-corrected chi connectivity index (χ0v) is 12.1. The lowest BCUT2D eigenvalue weighted by atomic mass is 10.0. The third-order valence-corrected chi connectivity index (χ3v) is 3.22. The Morgan fingerprint density at radius 2 is 1.95 bits per heavy atom. The van der Waals surface area contributed by atoms with E-state index in [1.54, 1.807) is 11.8 Å². The summed E-state index contributed by atoms with van der Waals surface area (Å²) in [5.74, 6) is -0.00330. The van der Waals surface area contributed by atoms with Crippen molar-refractivity contribution in [3.05, 3.63) is 11.6 Å². The van der Waals surface area contributed by atoms with Crippen LogP contribution in [0.1, 0.15) is 40.0 Å². The quantitative estimate of drug-likeness (QED) is 0.794. The maximum absolute atomic E-state index is 11.8. The van der Waals surface area contributed by atoms with Crippen LogP contribution in [-0.4, -0.2) is 42.6 Å². The first-order valence-electron chi connectivity index (χ1n) is 6.97. The van der Waals surface area contributed by atoms with Gasteiger partial charge < -0.3 is 15.0 Å². The summed E-state index contributed by atoms with van der Waals surface area (Å²) in [4.78, 5) is 25.1. The molecule has 0 atom stereocenters. The molecule has 0 radical (unpaired) electrons. The second-order valence-electron chi connectivity index (χ2n) is 4.73. The summed E-state index contributed by atoms with van der Waals surface area (Å²) < 4.78 is 4.96. The molecule has 5 nitrogen and oxygen atoms in total. The minimum absolute atomic E-state index is 0.00330. The second-order valence-corrected chi connectivity index (χ2v) is 4.73. The SMILES string of the molecule is CC/C=C(/C)C(=O)NC1CCN(C(=O)OCC)CC1. The monoisotopic (exact) mass is 268 g/mol. The summed E-state index contributed by atoms with van der Waals surface area (Å²) in [5.41, 5.74) is 0.760. The van der Waals surface area contributed by atoms with Gasteiger partial charge in [-0.25, -0.2) is 4.79 Å². The van der Waals surface area contributed by atoms with E-state index in [2.05, 4.69) is 5.32 Å². The number of hydrogen-bond donors (Lipinski definition) is 1. The van der Waals surface area contributed by atoms with E-state index in [-0.39, 0.29) is 18.0 Å². The maximum Gasteiger partial charge on any atom is 0.409 e. The molecule has 1 aliphatic heterocycles. The number of nitrogens with one attached hydrogen (secondary N) is 1. The summed E-state index contributed by atoms with van der Waals surface area (Å²) in [6.45, 7) is 7.31. The minimum atomic E-state index is -0.255. The lowest BCUT2D eigenvalue weighted by molar-refractivity contribution is -0.118. The molecule has 1 N–H and O–H groups in total. The molecule has 0 aliphatic carbocycles. The lowest BCUT2D eigenvalue weighted by Gasteiger charge is -2.31. The molecule has 0 aromatic carbocycles. The van der Waals surface area contributed by atoms with Crippen molar-refractivity contribution in [2.24, 2.45) is 0 Å². The summed E-state index contributed by atoms with van der Waals surface area (Å²) in [7, 11) is 0. The van der Waals surface area contributed by atoms with Crippen LogP contribution in [0.4, 0.5) is 4.79 Å². The Morgan fingerprint density at radius 3 is 2.47 bits per heavy atom. The Kier molecular flexibility index (Phi) is 6.39. The Balaban J connectivity index is 2.36. The van der Waals surface area contributed by atoms with Crippen molar-refractivity contribution in [2.75, 3.05) is 19.7 Å². The van der Waals surface area contributed by atoms with Crippen LogP contribution in [0.3, 0.4) is 0 Å². The molecule has 19 heavy (non-hydrogen) atoms. The van der Waals surface area contributed by atoms with Crippen molar-refractivity contribution in [2.45, 2.75) is 46.1 Å². The number of carbonyl (C=O) groups is 2. The van der Waals surface area contributed by atoms with E-state index < -0.39 is 0 Å². The summed E-state index contributed by atoms with van der Waals surface area (Å²) in [6, 6.07) is 0.151. The van der Waals surface area contributed by atoms with E-state index in [1.165, 1.54) is 0 Å². The molecule has 0 saturated carbocycles. The van der Waals surface area contributed by atoms with Crippen molar-refractivity contribution in [3.8, 4) is 0 Å². The number of rotatable bonds is 4. The Hall–Kier alpha value is -1.52. The molecule has 0 aromatic heterocycles. The largest absolute Gasteiger partial charge is 0.450 e. The topological polar surface area (TPSA) is 58.6 Å². The number of allylic oxidation sites excluding steroid dienone is 1. The van der Waals surface area contributed by atoms with Crippen LogP contribution in [0.2, 0.25) is 0 Å². The molecule has 2 amide bonds. The highest BCUT2D eigenvalue weighted by Gasteiger charge is 2.24. The Morgan fingerprint density at radius 1 is 1.32 bits per heavy atom. The van der Waals surface area contributed by atoms with Crippen molar-refractivity contribution in [1.82, 2.24) is 10.2 Å². The van der Waals surface area contributed by atoms with E-state index in [1.807, 2.05) is 19.9 Å². The molecule has 0 spiro atoms. The third-order valence-electron chi connectivity index (χ3n) is 3.22. The highest BCUT2D eigenvalue weighted by molar-refractivity contribution is 5.92. The third kappa shape index (κ3) is 4.93. The Bertz CT molecular complexity index is 345. The van der Waals surface area contributed by atoms with Crippen molar-refractivity contribution >= 4 is 12.0 Å². The van der Waals surface area contributed by atoms with E-state index in [0.29, 0.717) is 19.7 Å². The molecule has 1 saturated heterocycles. The van der Waals surface area contributed by atoms with E-state index in [0.717, 1.165) is 24.8 Å². The molecule has 1 fully saturated rings. The second kappa shape index (κ2) is 7.81. The highest BCUT2D eigenvalue weighted by atomic mass is 16.6. The molecule has 108 valence electrons. The van der Waals surface area contributed by atoms with Crippen LogP contribution >= 0.6 is 0 Å². The van der Waals surface area contributed by atoms with Crippen LogP contribution in [-0.2, 0) is 9.53 Å². The number of ether oxygens (including phenoxy) is 1. The van der Waals surface area contributed by atoms with Crippen LogP contribution in [0.25, 0.3) is 0 Å². The van der Waals surface area contributed by atoms with Gasteiger partial charge in [-0.05, 0) is 33.1 Å². The molecule has 0 aromatic rings. The number of piperidine rings is 1. The number of nitrogens with zero attached hydrogens (tertiary/aromatic N) is 1. The van der Waals surface area contributed by atoms with Gasteiger partial charge in [-0.3, -0.25) is 4.79 Å². The van der Waals surface area contributed by atoms with Crippen molar-refractivity contribution < 1.29 is 14.3 Å². The zero-order valence-electron chi connectivity index (χ0n) is 12.1. The first kappa shape index (κ1) is 15.5. The van der Waals surface area contributed by atoms with Gasteiger partial charge in [0.05, 0.1) is 6.61 Å². The maximum atomic E-state index is 11.8. The molecule has 1 heterocycles. The fourth-order valence-corrected chi connectivity index (χ4v) is 2.12. The molecule has 5 heteroatoms. The van der Waals surface area contributed by atoms with Crippen molar-refractivity contribution in [1.29, 1.82) is 0 Å². The predicted octanol–water partition coefficient (Wildman–Crippen LogP) is 2.08. The number of hydrogen-bond acceptors (Lipinski definition) is 3. The van der Waals surface area contributed by atoms with Crippen molar-refractivity contribution in [3.63, 3.8) is 0 Å². The number of likely N-dealkylation sites (tertiary alicyclic amines) is 1. The Labute approximate surface area is 115 Å². The molecule has 1 aliphatic rings. The first-order chi connectivity index (χ1) is 9.08. The van der Waals surface area contributed by atoms with Gasteiger partial charge in [0.1, 0.15) is 0 Å². The summed E-state index contributed by atoms with van der Waals surface area (Å²) in [5, 5.41) is 3.01. The lowest BCUT2D eigenvalue weighted by Crippen LogP contribution is -2.46. The fraction of sp³-hybridized carbons (Fsp3) is 0.714. The van der Waals surface area contributed by atoms with Gasteiger partial charge >= 0.3 is 6.09 Å². The smallest absolute Gasteiger partial charge is 0.409 e. The average Bonchev–Trinajstić information content (AvgIpc) is 2.40. The van der Waals surface area contributed by atoms with E-state index >= 15 is 0 Å². The van der Waals surface area contributed by atoms with Gasteiger partial charge in [0.25, 0.3) is 0 Å². The van der Waals surface area contributed by atoms with Gasteiger partial charge in [-0.1, -0.05) is 13.0 Å². The van der Waals surface area contributed by atoms with Crippen LogP contribution in [0.15, 0.2) is 11.6 Å². The summed E-state index contributed by atoms with van der Waals surface area (Å²) in [6.07, 6.45) is 4.09. The standard InChI is InChI=1S/C14H24N2O3/c1-4-6-11(3)13(17)15-12-7-9-16(10-8-12)14(18)19-5-2/h6,12H,4-5,7-10H2,1-3H3,(H,15,17)/b11-6-.